The van der Waals surface area contributed by atoms with Crippen molar-refractivity contribution in [1.82, 2.24) is 4.31 Å². The molecule has 7 heteroatoms. The third-order valence-electron chi connectivity index (χ3n) is 3.68. The van der Waals surface area contributed by atoms with E-state index in [9.17, 15) is 21.6 Å². The van der Waals surface area contributed by atoms with Gasteiger partial charge in [-0.2, -0.15) is 4.31 Å². The summed E-state index contributed by atoms with van der Waals surface area (Å²) in [6, 6.07) is 7.74. The number of nitrogens with zero attached hydrogens (tertiary/aromatic N) is 1. The van der Waals surface area contributed by atoms with Crippen molar-refractivity contribution in [2.45, 2.75) is 30.3 Å². The number of hydrogen-bond donors (Lipinski definition) is 0. The van der Waals surface area contributed by atoms with Crippen LogP contribution in [0.3, 0.4) is 0 Å². The Morgan fingerprint density at radius 3 is 2.17 bits per heavy atom. The second-order valence-electron chi connectivity index (χ2n) is 5.48. The van der Waals surface area contributed by atoms with Crippen LogP contribution in [-0.4, -0.2) is 18.8 Å². The van der Waals surface area contributed by atoms with E-state index in [0.717, 1.165) is 16.4 Å². The number of halogens is 3. The summed E-state index contributed by atoms with van der Waals surface area (Å²) in [5.41, 5.74) is 0.222. The highest BCUT2D eigenvalue weighted by atomic mass is 32.2. The Morgan fingerprint density at radius 2 is 1.61 bits per heavy atom. The molecule has 0 spiro atoms. The maximum absolute atomic E-state index is 13.8. The predicted octanol–water partition coefficient (Wildman–Crippen LogP) is 3.46. The summed E-state index contributed by atoms with van der Waals surface area (Å²) in [7, 11) is -4.11. The number of hydrogen-bond acceptors (Lipinski definition) is 2. The summed E-state index contributed by atoms with van der Waals surface area (Å²) in [6.45, 7) is -0.169. The summed E-state index contributed by atoms with van der Waals surface area (Å²) < 4.78 is 67.0. The molecule has 0 heterocycles. The molecular weight excluding hydrogens is 327 g/mol. The van der Waals surface area contributed by atoms with E-state index in [1.807, 2.05) is 0 Å². The van der Waals surface area contributed by atoms with Crippen LogP contribution in [-0.2, 0) is 16.6 Å². The zero-order chi connectivity index (χ0) is 16.6. The average molecular weight is 341 g/mol. The van der Waals surface area contributed by atoms with Gasteiger partial charge in [-0.1, -0.05) is 18.2 Å². The topological polar surface area (TPSA) is 37.4 Å². The van der Waals surface area contributed by atoms with Crippen LogP contribution >= 0.6 is 0 Å². The lowest BCUT2D eigenvalue weighted by Crippen LogP contribution is -2.33. The standard InChI is InChI=1S/C16H14F3NO2S/c17-12-7-13(18)9-15(8-12)23(21,22)20(14-5-6-14)10-11-3-1-2-4-16(11)19/h1-4,7-9,14H,5-6,10H2. The quantitative estimate of drug-likeness (QED) is 0.835. The van der Waals surface area contributed by atoms with Crippen LogP contribution in [0.2, 0.25) is 0 Å². The Morgan fingerprint density at radius 1 is 1.00 bits per heavy atom. The highest BCUT2D eigenvalue weighted by molar-refractivity contribution is 7.89. The maximum atomic E-state index is 13.8. The van der Waals surface area contributed by atoms with Gasteiger partial charge in [-0.25, -0.2) is 21.6 Å². The van der Waals surface area contributed by atoms with Gasteiger partial charge in [-0.05, 0) is 31.0 Å². The molecule has 1 aliphatic rings. The van der Waals surface area contributed by atoms with Gasteiger partial charge in [0, 0.05) is 24.2 Å². The van der Waals surface area contributed by atoms with Crippen molar-refractivity contribution < 1.29 is 21.6 Å². The fourth-order valence-corrected chi connectivity index (χ4v) is 4.09. The molecular formula is C16H14F3NO2S. The summed E-state index contributed by atoms with van der Waals surface area (Å²) >= 11 is 0. The van der Waals surface area contributed by atoms with E-state index in [0.29, 0.717) is 18.9 Å². The minimum atomic E-state index is -4.11. The Labute approximate surface area is 132 Å². The molecule has 0 atom stereocenters. The molecule has 2 aromatic carbocycles. The van der Waals surface area contributed by atoms with E-state index in [-0.39, 0.29) is 18.2 Å². The minimum Gasteiger partial charge on any atom is -0.207 e. The van der Waals surface area contributed by atoms with E-state index in [4.69, 9.17) is 0 Å². The minimum absolute atomic E-state index is 0.169. The molecule has 0 aromatic heterocycles. The first-order chi connectivity index (χ1) is 10.9. The van der Waals surface area contributed by atoms with E-state index in [1.54, 1.807) is 6.07 Å². The van der Waals surface area contributed by atoms with E-state index in [2.05, 4.69) is 0 Å². The van der Waals surface area contributed by atoms with Gasteiger partial charge in [0.05, 0.1) is 4.90 Å². The van der Waals surface area contributed by atoms with Crippen molar-refractivity contribution in [2.24, 2.45) is 0 Å². The molecule has 0 aliphatic heterocycles. The molecule has 3 rings (SSSR count). The van der Waals surface area contributed by atoms with Crippen molar-refractivity contribution in [3.05, 3.63) is 65.5 Å². The van der Waals surface area contributed by atoms with Gasteiger partial charge in [0.15, 0.2) is 0 Å². The predicted molar refractivity (Wildman–Crippen MR) is 78.5 cm³/mol. The van der Waals surface area contributed by atoms with Gasteiger partial charge in [-0.3, -0.25) is 0 Å². The number of benzene rings is 2. The summed E-state index contributed by atoms with van der Waals surface area (Å²) in [4.78, 5) is -0.460. The smallest absolute Gasteiger partial charge is 0.207 e. The van der Waals surface area contributed by atoms with Crippen molar-refractivity contribution >= 4 is 10.0 Å². The monoisotopic (exact) mass is 341 g/mol. The normalized spacial score (nSPS) is 15.1. The highest BCUT2D eigenvalue weighted by Crippen LogP contribution is 2.34. The average Bonchev–Trinajstić information content (AvgIpc) is 3.29. The first-order valence-corrected chi connectivity index (χ1v) is 8.53. The van der Waals surface area contributed by atoms with Crippen LogP contribution in [0, 0.1) is 17.5 Å². The molecule has 23 heavy (non-hydrogen) atoms. The Bertz CT molecular complexity index is 815. The Hall–Kier alpha value is -1.86. The number of sulfonamides is 1. The van der Waals surface area contributed by atoms with Gasteiger partial charge in [0.2, 0.25) is 10.0 Å². The summed E-state index contributed by atoms with van der Waals surface area (Å²) in [5, 5.41) is 0. The molecule has 3 nitrogen and oxygen atoms in total. The second-order valence-corrected chi connectivity index (χ2v) is 7.37. The van der Waals surface area contributed by atoms with Crippen LogP contribution in [0.1, 0.15) is 18.4 Å². The van der Waals surface area contributed by atoms with Crippen LogP contribution in [0.25, 0.3) is 0 Å². The van der Waals surface area contributed by atoms with Crippen molar-refractivity contribution in [3.63, 3.8) is 0 Å². The Kier molecular flexibility index (Phi) is 4.16. The zero-order valence-electron chi connectivity index (χ0n) is 12.0. The molecule has 0 unspecified atom stereocenters. The molecule has 1 saturated carbocycles. The maximum Gasteiger partial charge on any atom is 0.243 e. The molecule has 1 fully saturated rings. The molecule has 2 aromatic rings. The van der Waals surface area contributed by atoms with E-state index >= 15 is 0 Å². The van der Waals surface area contributed by atoms with Gasteiger partial charge in [-0.15, -0.1) is 0 Å². The van der Waals surface area contributed by atoms with E-state index in [1.165, 1.54) is 18.2 Å². The molecule has 0 bridgehead atoms. The van der Waals surface area contributed by atoms with Gasteiger partial charge in [0.25, 0.3) is 0 Å². The van der Waals surface area contributed by atoms with Crippen molar-refractivity contribution in [2.75, 3.05) is 0 Å². The molecule has 0 amide bonds. The van der Waals surface area contributed by atoms with Crippen molar-refractivity contribution in [3.8, 4) is 0 Å². The third-order valence-corrected chi connectivity index (χ3v) is 5.56. The van der Waals surface area contributed by atoms with Crippen LogP contribution in [0.15, 0.2) is 47.4 Å². The first-order valence-electron chi connectivity index (χ1n) is 7.09. The van der Waals surface area contributed by atoms with E-state index < -0.39 is 32.4 Å². The molecule has 0 saturated heterocycles. The fourth-order valence-electron chi connectivity index (χ4n) is 2.38. The number of rotatable bonds is 5. The highest BCUT2D eigenvalue weighted by Gasteiger charge is 2.38. The van der Waals surface area contributed by atoms with Gasteiger partial charge in [0.1, 0.15) is 17.5 Å². The molecule has 0 radical (unpaired) electrons. The third kappa shape index (κ3) is 3.40. The van der Waals surface area contributed by atoms with Crippen LogP contribution in [0.5, 0.6) is 0 Å². The molecule has 122 valence electrons. The van der Waals surface area contributed by atoms with Gasteiger partial charge >= 0.3 is 0 Å². The molecule has 1 aliphatic carbocycles. The lowest BCUT2D eigenvalue weighted by atomic mass is 10.2. The summed E-state index contributed by atoms with van der Waals surface area (Å²) in [5.74, 6) is -2.45. The van der Waals surface area contributed by atoms with Crippen molar-refractivity contribution in [1.29, 1.82) is 0 Å². The summed E-state index contributed by atoms with van der Waals surface area (Å²) in [6.07, 6.45) is 1.29. The van der Waals surface area contributed by atoms with Crippen LogP contribution in [0.4, 0.5) is 13.2 Å². The Balaban J connectivity index is 1.98. The van der Waals surface area contributed by atoms with Crippen LogP contribution < -0.4 is 0 Å². The van der Waals surface area contributed by atoms with Gasteiger partial charge < -0.3 is 0 Å². The largest absolute Gasteiger partial charge is 0.243 e. The zero-order valence-corrected chi connectivity index (χ0v) is 12.9. The molecule has 0 N–H and O–H groups in total. The lowest BCUT2D eigenvalue weighted by Gasteiger charge is -2.22. The second kappa shape index (κ2) is 5.98. The lowest BCUT2D eigenvalue weighted by molar-refractivity contribution is 0.390. The fraction of sp³-hybridized carbons (Fsp3) is 0.250. The SMILES string of the molecule is O=S(=O)(c1cc(F)cc(F)c1)N(Cc1ccccc1F)C1CC1. The first kappa shape index (κ1) is 16.0.